The molecule has 6 nitrogen and oxygen atoms in total. The summed E-state index contributed by atoms with van der Waals surface area (Å²) in [5, 5.41) is 6.31. The van der Waals surface area contributed by atoms with Crippen LogP contribution < -0.4 is 24.8 Å². The van der Waals surface area contributed by atoms with Crippen LogP contribution in [0.4, 0.5) is 8.78 Å². The minimum absolute atomic E-state index is 0. The molecule has 0 bridgehead atoms. The van der Waals surface area contributed by atoms with E-state index in [1.807, 2.05) is 19.1 Å². The highest BCUT2D eigenvalue weighted by Gasteiger charge is 2.11. The van der Waals surface area contributed by atoms with E-state index in [0.29, 0.717) is 23.8 Å². The van der Waals surface area contributed by atoms with Gasteiger partial charge in [-0.25, -0.2) is 0 Å². The zero-order valence-electron chi connectivity index (χ0n) is 17.5. The van der Waals surface area contributed by atoms with Crippen LogP contribution in [0.25, 0.3) is 0 Å². The van der Waals surface area contributed by atoms with Crippen molar-refractivity contribution < 1.29 is 23.0 Å². The Kier molecular flexibility index (Phi) is 11.2. The van der Waals surface area contributed by atoms with Gasteiger partial charge in [-0.05, 0) is 48.7 Å². The number of halogens is 3. The summed E-state index contributed by atoms with van der Waals surface area (Å²) < 4.78 is 40.4. The lowest BCUT2D eigenvalue weighted by Crippen LogP contribution is -2.38. The Morgan fingerprint density at radius 2 is 1.80 bits per heavy atom. The van der Waals surface area contributed by atoms with Crippen molar-refractivity contribution in [2.75, 3.05) is 27.8 Å². The first-order valence-corrected chi connectivity index (χ1v) is 9.16. The molecule has 0 aliphatic carbocycles. The maximum absolute atomic E-state index is 12.6. The topological polar surface area (TPSA) is 64.1 Å². The number of hydrogen-bond acceptors (Lipinski definition) is 4. The highest BCUT2D eigenvalue weighted by Crippen LogP contribution is 2.25. The third kappa shape index (κ3) is 7.85. The van der Waals surface area contributed by atoms with Gasteiger partial charge < -0.3 is 24.8 Å². The van der Waals surface area contributed by atoms with Crippen LogP contribution in [0.1, 0.15) is 16.7 Å². The molecule has 0 heterocycles. The predicted octanol–water partition coefficient (Wildman–Crippen LogP) is 4.14. The van der Waals surface area contributed by atoms with E-state index in [-0.39, 0.29) is 36.3 Å². The zero-order chi connectivity index (χ0) is 21.2. The van der Waals surface area contributed by atoms with E-state index in [4.69, 9.17) is 9.47 Å². The average molecular weight is 535 g/mol. The van der Waals surface area contributed by atoms with Crippen molar-refractivity contribution in [1.29, 1.82) is 0 Å². The number of benzene rings is 2. The molecule has 2 aromatic carbocycles. The molecule has 0 radical (unpaired) electrons. The molecule has 0 saturated carbocycles. The number of rotatable bonds is 9. The van der Waals surface area contributed by atoms with Gasteiger partial charge in [0.25, 0.3) is 0 Å². The number of nitrogens with zero attached hydrogens (tertiary/aromatic N) is 1. The van der Waals surface area contributed by atoms with Crippen LogP contribution in [-0.4, -0.2) is 40.4 Å². The van der Waals surface area contributed by atoms with Crippen LogP contribution in [0.15, 0.2) is 41.4 Å². The first-order chi connectivity index (χ1) is 14.0. The van der Waals surface area contributed by atoms with Crippen molar-refractivity contribution in [3.63, 3.8) is 0 Å². The van der Waals surface area contributed by atoms with Crippen molar-refractivity contribution in [1.82, 2.24) is 10.6 Å². The minimum Gasteiger partial charge on any atom is -0.497 e. The summed E-state index contributed by atoms with van der Waals surface area (Å²) in [4.78, 5) is 4.16. The largest absolute Gasteiger partial charge is 0.497 e. The van der Waals surface area contributed by atoms with Gasteiger partial charge in [-0.1, -0.05) is 12.1 Å². The summed E-state index contributed by atoms with van der Waals surface area (Å²) in [6.07, 6.45) is 0.774. The van der Waals surface area contributed by atoms with Gasteiger partial charge in [0.05, 0.1) is 14.2 Å². The van der Waals surface area contributed by atoms with E-state index in [2.05, 4.69) is 26.4 Å². The molecule has 0 saturated heterocycles. The van der Waals surface area contributed by atoms with E-state index in [1.165, 1.54) is 13.2 Å². The van der Waals surface area contributed by atoms with Crippen LogP contribution in [-0.2, 0) is 13.0 Å². The molecule has 0 spiro atoms. The predicted molar refractivity (Wildman–Crippen MR) is 125 cm³/mol. The highest BCUT2D eigenvalue weighted by molar-refractivity contribution is 14.0. The number of aliphatic imine (C=N–C) groups is 1. The lowest BCUT2D eigenvalue weighted by Gasteiger charge is -2.15. The Balaban J connectivity index is 0.00000450. The Labute approximate surface area is 193 Å². The van der Waals surface area contributed by atoms with Crippen LogP contribution in [0.5, 0.6) is 17.2 Å². The second-order valence-corrected chi connectivity index (χ2v) is 6.26. The van der Waals surface area contributed by atoms with Crippen molar-refractivity contribution in [2.45, 2.75) is 26.5 Å². The zero-order valence-corrected chi connectivity index (χ0v) is 19.8. The standard InChI is InChI=1S/C21H27F2N3O3.HI/c1-14-5-6-15(11-19(14)28-4)9-10-25-21(24-2)26-13-16-12-17(27-3)7-8-18(16)29-20(22)23;/h5-8,11-12,20H,9-10,13H2,1-4H3,(H2,24,25,26);1H. The fourth-order valence-corrected chi connectivity index (χ4v) is 2.78. The first-order valence-electron chi connectivity index (χ1n) is 9.16. The third-order valence-electron chi connectivity index (χ3n) is 4.33. The molecule has 0 atom stereocenters. The molecule has 2 N–H and O–H groups in total. The van der Waals surface area contributed by atoms with E-state index in [1.54, 1.807) is 26.3 Å². The molecule has 0 fully saturated rings. The second kappa shape index (κ2) is 13.1. The summed E-state index contributed by atoms with van der Waals surface area (Å²) >= 11 is 0. The first kappa shape index (κ1) is 25.7. The van der Waals surface area contributed by atoms with Gasteiger partial charge in [0.15, 0.2) is 5.96 Å². The van der Waals surface area contributed by atoms with Crippen molar-refractivity contribution >= 4 is 29.9 Å². The fourth-order valence-electron chi connectivity index (χ4n) is 2.78. The van der Waals surface area contributed by atoms with Gasteiger partial charge in [-0.2, -0.15) is 8.78 Å². The normalized spacial score (nSPS) is 11.0. The molecule has 2 aromatic rings. The Hall–Kier alpha value is -2.30. The van der Waals surface area contributed by atoms with Crippen molar-refractivity contribution in [3.8, 4) is 17.2 Å². The molecule has 2 rings (SSSR count). The second-order valence-electron chi connectivity index (χ2n) is 6.26. The fraction of sp³-hybridized carbons (Fsp3) is 0.381. The van der Waals surface area contributed by atoms with Gasteiger partial charge in [0.2, 0.25) is 0 Å². The maximum atomic E-state index is 12.6. The summed E-state index contributed by atoms with van der Waals surface area (Å²) in [5.74, 6) is 2.06. The number of hydrogen-bond donors (Lipinski definition) is 2. The van der Waals surface area contributed by atoms with Crippen LogP contribution >= 0.6 is 24.0 Å². The smallest absolute Gasteiger partial charge is 0.387 e. The molecule has 0 aliphatic rings. The Morgan fingerprint density at radius 1 is 1.03 bits per heavy atom. The summed E-state index contributed by atoms with van der Waals surface area (Å²) in [6, 6.07) is 10.8. The minimum atomic E-state index is -2.90. The molecule has 166 valence electrons. The van der Waals surface area contributed by atoms with Crippen LogP contribution in [0.3, 0.4) is 0 Å². The van der Waals surface area contributed by atoms with Crippen molar-refractivity contribution in [2.24, 2.45) is 4.99 Å². The van der Waals surface area contributed by atoms with Gasteiger partial charge in [0, 0.05) is 25.7 Å². The lowest BCUT2D eigenvalue weighted by molar-refractivity contribution is -0.0504. The molecule has 0 unspecified atom stereocenters. The Bertz CT molecular complexity index is 835. The van der Waals surface area contributed by atoms with E-state index >= 15 is 0 Å². The molecule has 0 aliphatic heterocycles. The molecule has 30 heavy (non-hydrogen) atoms. The number of aryl methyl sites for hydroxylation is 1. The lowest BCUT2D eigenvalue weighted by atomic mass is 10.1. The van der Waals surface area contributed by atoms with Crippen molar-refractivity contribution in [3.05, 3.63) is 53.1 Å². The third-order valence-corrected chi connectivity index (χ3v) is 4.33. The summed E-state index contributed by atoms with van der Waals surface area (Å²) in [5.41, 5.74) is 2.76. The number of nitrogens with one attached hydrogen (secondary N) is 2. The van der Waals surface area contributed by atoms with Gasteiger partial charge >= 0.3 is 6.61 Å². The monoisotopic (exact) mass is 535 g/mol. The summed E-state index contributed by atoms with van der Waals surface area (Å²) in [6.45, 7) is -0.00936. The molecular weight excluding hydrogens is 507 g/mol. The van der Waals surface area contributed by atoms with Gasteiger partial charge in [-0.15, -0.1) is 24.0 Å². The molecule has 0 amide bonds. The highest BCUT2D eigenvalue weighted by atomic mass is 127. The number of alkyl halides is 2. The number of guanidine groups is 1. The van der Waals surface area contributed by atoms with E-state index in [0.717, 1.165) is 23.3 Å². The van der Waals surface area contributed by atoms with Crippen LogP contribution in [0.2, 0.25) is 0 Å². The quantitative estimate of drug-likeness (QED) is 0.287. The molecule has 9 heteroatoms. The van der Waals surface area contributed by atoms with Gasteiger partial charge in [0.1, 0.15) is 17.2 Å². The maximum Gasteiger partial charge on any atom is 0.387 e. The van der Waals surface area contributed by atoms with Crippen LogP contribution in [0, 0.1) is 6.92 Å². The molecular formula is C21H28F2IN3O3. The summed E-state index contributed by atoms with van der Waals surface area (Å²) in [7, 11) is 4.81. The average Bonchev–Trinajstić information content (AvgIpc) is 2.72. The SMILES string of the molecule is CN=C(NCCc1ccc(C)c(OC)c1)NCc1cc(OC)ccc1OC(F)F.I. The van der Waals surface area contributed by atoms with Gasteiger partial charge in [-0.3, -0.25) is 4.99 Å². The Morgan fingerprint density at radius 3 is 2.43 bits per heavy atom. The molecule has 0 aromatic heterocycles. The van der Waals surface area contributed by atoms with E-state index in [9.17, 15) is 8.78 Å². The van der Waals surface area contributed by atoms with E-state index < -0.39 is 6.61 Å². The number of methoxy groups -OCH3 is 2. The number of ether oxygens (including phenoxy) is 3.